The van der Waals surface area contributed by atoms with Gasteiger partial charge in [0.2, 0.25) is 0 Å². The lowest BCUT2D eigenvalue weighted by Gasteiger charge is -2.09. The molecule has 18 heavy (non-hydrogen) atoms. The Bertz CT molecular complexity index is 548. The predicted molar refractivity (Wildman–Crippen MR) is 64.5 cm³/mol. The SMILES string of the molecule is Cn1cc(OC(F)(F)Cl)c(-c2ccc(N)cc2)n1. The van der Waals surface area contributed by atoms with Crippen LogP contribution in [0.15, 0.2) is 30.5 Å². The number of aryl methyl sites for hydroxylation is 1. The van der Waals surface area contributed by atoms with E-state index in [9.17, 15) is 8.78 Å². The van der Waals surface area contributed by atoms with Crippen LogP contribution in [0.25, 0.3) is 11.3 Å². The van der Waals surface area contributed by atoms with Crippen molar-refractivity contribution >= 4 is 17.3 Å². The second-order valence-electron chi connectivity index (χ2n) is 3.69. The van der Waals surface area contributed by atoms with Crippen LogP contribution in [0.2, 0.25) is 0 Å². The Morgan fingerprint density at radius 1 is 1.33 bits per heavy atom. The molecule has 0 spiro atoms. The van der Waals surface area contributed by atoms with Crippen molar-refractivity contribution in [1.82, 2.24) is 9.78 Å². The van der Waals surface area contributed by atoms with Gasteiger partial charge in [0.15, 0.2) is 5.75 Å². The van der Waals surface area contributed by atoms with Crippen molar-refractivity contribution in [3.63, 3.8) is 0 Å². The van der Waals surface area contributed by atoms with E-state index >= 15 is 0 Å². The molecule has 0 saturated carbocycles. The lowest BCUT2D eigenvalue weighted by atomic mass is 10.1. The number of nitrogens with zero attached hydrogens (tertiary/aromatic N) is 2. The van der Waals surface area contributed by atoms with Crippen molar-refractivity contribution < 1.29 is 13.5 Å². The number of halogens is 3. The zero-order valence-electron chi connectivity index (χ0n) is 9.40. The monoisotopic (exact) mass is 273 g/mol. The highest BCUT2D eigenvalue weighted by atomic mass is 35.5. The summed E-state index contributed by atoms with van der Waals surface area (Å²) < 4.78 is 31.0. The topological polar surface area (TPSA) is 53.1 Å². The summed E-state index contributed by atoms with van der Waals surface area (Å²) in [5, 5.41) is 4.05. The van der Waals surface area contributed by atoms with Crippen LogP contribution in [0.1, 0.15) is 0 Å². The molecule has 0 fully saturated rings. The van der Waals surface area contributed by atoms with E-state index < -0.39 is 5.57 Å². The average molecular weight is 274 g/mol. The molecule has 0 atom stereocenters. The summed E-state index contributed by atoms with van der Waals surface area (Å²) in [6, 6.07) is 6.62. The van der Waals surface area contributed by atoms with Gasteiger partial charge in [-0.1, -0.05) is 12.1 Å². The first-order valence-corrected chi connectivity index (χ1v) is 5.38. The molecule has 7 heteroatoms. The number of anilines is 1. The molecule has 2 aromatic rings. The molecule has 2 N–H and O–H groups in total. The van der Waals surface area contributed by atoms with E-state index in [4.69, 9.17) is 17.3 Å². The molecule has 1 aromatic heterocycles. The van der Waals surface area contributed by atoms with Gasteiger partial charge in [-0.25, -0.2) is 0 Å². The minimum absolute atomic E-state index is 0.0951. The van der Waals surface area contributed by atoms with Crippen molar-refractivity contribution in [3.05, 3.63) is 30.5 Å². The van der Waals surface area contributed by atoms with Crippen molar-refractivity contribution in [1.29, 1.82) is 0 Å². The first-order chi connectivity index (χ1) is 8.35. The largest absolute Gasteiger partial charge is 0.487 e. The van der Waals surface area contributed by atoms with E-state index in [2.05, 4.69) is 9.84 Å². The molecule has 4 nitrogen and oxygen atoms in total. The second kappa shape index (κ2) is 4.45. The fourth-order valence-corrected chi connectivity index (χ4v) is 1.59. The zero-order valence-corrected chi connectivity index (χ0v) is 10.2. The maximum absolute atomic E-state index is 12.7. The molecule has 0 saturated heterocycles. The molecule has 0 unspecified atom stereocenters. The van der Waals surface area contributed by atoms with Crippen LogP contribution in [0.4, 0.5) is 14.5 Å². The third-order valence-corrected chi connectivity index (χ3v) is 2.28. The highest BCUT2D eigenvalue weighted by Gasteiger charge is 2.30. The molecule has 0 aliphatic rings. The van der Waals surface area contributed by atoms with Crippen LogP contribution in [0, 0.1) is 0 Å². The minimum Gasteiger partial charge on any atom is -0.416 e. The van der Waals surface area contributed by atoms with Crippen LogP contribution in [-0.4, -0.2) is 15.3 Å². The molecule has 2 rings (SSSR count). The van der Waals surface area contributed by atoms with E-state index in [1.54, 1.807) is 31.3 Å². The van der Waals surface area contributed by atoms with Crippen LogP contribution in [-0.2, 0) is 7.05 Å². The summed E-state index contributed by atoms with van der Waals surface area (Å²) in [5.41, 5.74) is 3.24. The Labute approximate surface area is 107 Å². The summed E-state index contributed by atoms with van der Waals surface area (Å²) >= 11 is 4.75. The van der Waals surface area contributed by atoms with Crippen molar-refractivity contribution in [2.24, 2.45) is 7.05 Å². The Morgan fingerprint density at radius 3 is 2.50 bits per heavy atom. The van der Waals surface area contributed by atoms with Gasteiger partial charge in [0.05, 0.1) is 6.20 Å². The van der Waals surface area contributed by atoms with Gasteiger partial charge < -0.3 is 10.5 Å². The van der Waals surface area contributed by atoms with E-state index in [0.717, 1.165) is 0 Å². The van der Waals surface area contributed by atoms with E-state index in [1.807, 2.05) is 0 Å². The van der Waals surface area contributed by atoms with Crippen molar-refractivity contribution in [2.45, 2.75) is 5.57 Å². The highest BCUT2D eigenvalue weighted by Crippen LogP contribution is 2.33. The van der Waals surface area contributed by atoms with Crippen molar-refractivity contribution in [2.75, 3.05) is 5.73 Å². The first-order valence-electron chi connectivity index (χ1n) is 5.00. The van der Waals surface area contributed by atoms with E-state index in [1.165, 1.54) is 10.9 Å². The Kier molecular flexibility index (Phi) is 3.13. The van der Waals surface area contributed by atoms with Gasteiger partial charge >= 0.3 is 5.57 Å². The van der Waals surface area contributed by atoms with Crippen LogP contribution >= 0.6 is 11.6 Å². The number of ether oxygens (including phenoxy) is 1. The lowest BCUT2D eigenvalue weighted by molar-refractivity contribution is -0.0961. The maximum Gasteiger partial charge on any atom is 0.487 e. The summed E-state index contributed by atoms with van der Waals surface area (Å²) in [7, 11) is 1.60. The number of nitrogen functional groups attached to an aromatic ring is 1. The molecule has 1 heterocycles. The zero-order chi connectivity index (χ0) is 13.3. The molecule has 0 bridgehead atoms. The molecule has 0 aliphatic heterocycles. The van der Waals surface area contributed by atoms with E-state index in [-0.39, 0.29) is 11.4 Å². The van der Waals surface area contributed by atoms with Crippen LogP contribution in [0.5, 0.6) is 5.75 Å². The molecular formula is C11H10ClF2N3O. The number of hydrogen-bond acceptors (Lipinski definition) is 3. The number of alkyl halides is 3. The highest BCUT2D eigenvalue weighted by molar-refractivity contribution is 6.20. The number of aromatic nitrogens is 2. The van der Waals surface area contributed by atoms with Crippen LogP contribution in [0.3, 0.4) is 0 Å². The van der Waals surface area contributed by atoms with Gasteiger partial charge in [-0.2, -0.15) is 5.10 Å². The summed E-state index contributed by atoms with van der Waals surface area (Å²) in [5.74, 6) is -0.0951. The normalized spacial score (nSPS) is 11.6. The minimum atomic E-state index is -3.77. The van der Waals surface area contributed by atoms with E-state index in [0.29, 0.717) is 11.3 Å². The summed E-state index contributed by atoms with van der Waals surface area (Å²) in [4.78, 5) is 0. The number of benzene rings is 1. The van der Waals surface area contributed by atoms with Gasteiger partial charge in [-0.3, -0.25) is 4.68 Å². The molecule has 1 aromatic carbocycles. The third-order valence-electron chi connectivity index (χ3n) is 2.21. The second-order valence-corrected chi connectivity index (χ2v) is 4.13. The Morgan fingerprint density at radius 2 is 1.94 bits per heavy atom. The summed E-state index contributed by atoms with van der Waals surface area (Å²) in [6.07, 6.45) is 1.32. The van der Waals surface area contributed by atoms with Gasteiger partial charge in [0, 0.05) is 29.9 Å². The maximum atomic E-state index is 12.7. The Balaban J connectivity index is 2.41. The smallest absolute Gasteiger partial charge is 0.416 e. The molecule has 0 radical (unpaired) electrons. The van der Waals surface area contributed by atoms with Gasteiger partial charge in [0.25, 0.3) is 0 Å². The van der Waals surface area contributed by atoms with Crippen LogP contribution < -0.4 is 10.5 Å². The van der Waals surface area contributed by atoms with Crippen molar-refractivity contribution in [3.8, 4) is 17.0 Å². The average Bonchev–Trinajstić information content (AvgIpc) is 2.58. The van der Waals surface area contributed by atoms with Gasteiger partial charge in [-0.05, 0) is 12.1 Å². The molecule has 0 aliphatic carbocycles. The standard InChI is InChI=1S/C11H10ClF2N3O/c1-17-6-9(18-11(12,13)14)10(16-17)7-2-4-8(15)5-3-7/h2-6H,15H2,1H3. The fourth-order valence-electron chi connectivity index (χ4n) is 1.51. The number of hydrogen-bond donors (Lipinski definition) is 1. The lowest BCUT2D eigenvalue weighted by Crippen LogP contribution is -2.15. The molecule has 0 amide bonds. The Hall–Kier alpha value is -1.82. The first kappa shape index (κ1) is 12.6. The summed E-state index contributed by atoms with van der Waals surface area (Å²) in [6.45, 7) is 0. The molecule has 96 valence electrons. The number of nitrogens with two attached hydrogens (primary N) is 1. The predicted octanol–water partition coefficient (Wildman–Crippen LogP) is 2.84. The third kappa shape index (κ3) is 2.89. The van der Waals surface area contributed by atoms with Gasteiger partial charge in [0.1, 0.15) is 5.69 Å². The fraction of sp³-hybridized carbons (Fsp3) is 0.182. The van der Waals surface area contributed by atoms with Gasteiger partial charge in [-0.15, -0.1) is 8.78 Å². The molecular weight excluding hydrogens is 264 g/mol. The number of rotatable bonds is 3. The quantitative estimate of drug-likeness (QED) is 0.691.